The van der Waals surface area contributed by atoms with Crippen molar-refractivity contribution < 1.29 is 8.60 Å². The van der Waals surface area contributed by atoms with Crippen LogP contribution in [0.4, 0.5) is 4.39 Å². The van der Waals surface area contributed by atoms with E-state index in [1.807, 2.05) is 13.0 Å². The molecule has 1 saturated carbocycles. The molecule has 0 saturated heterocycles. The summed E-state index contributed by atoms with van der Waals surface area (Å²) in [5.74, 6) is 0.145. The Labute approximate surface area is 159 Å². The van der Waals surface area contributed by atoms with Crippen LogP contribution in [0.5, 0.6) is 0 Å². The minimum absolute atomic E-state index is 0.0865. The van der Waals surface area contributed by atoms with Crippen LogP contribution in [0, 0.1) is 5.82 Å². The highest BCUT2D eigenvalue weighted by Crippen LogP contribution is 2.29. The lowest BCUT2D eigenvalue weighted by Gasteiger charge is -2.15. The van der Waals surface area contributed by atoms with E-state index in [-0.39, 0.29) is 10.8 Å². The molecule has 0 spiro atoms. The quantitative estimate of drug-likeness (QED) is 0.679. The number of benzene rings is 2. The summed E-state index contributed by atoms with van der Waals surface area (Å²) in [7, 11) is -1.25. The second kappa shape index (κ2) is 7.35. The van der Waals surface area contributed by atoms with Gasteiger partial charge in [-0.25, -0.2) is 9.37 Å². The van der Waals surface area contributed by atoms with E-state index in [0.29, 0.717) is 33.7 Å². The van der Waals surface area contributed by atoms with Crippen molar-refractivity contribution in [3.05, 3.63) is 64.5 Å². The van der Waals surface area contributed by atoms with E-state index in [4.69, 9.17) is 0 Å². The normalized spacial score (nSPS) is 16.1. The van der Waals surface area contributed by atoms with E-state index in [0.717, 1.165) is 25.7 Å². The summed E-state index contributed by atoms with van der Waals surface area (Å²) < 4.78 is 28.4. The Morgan fingerprint density at radius 1 is 1.19 bits per heavy atom. The molecule has 1 unspecified atom stereocenters. The summed E-state index contributed by atoms with van der Waals surface area (Å²) in [5.41, 5.74) is 0.699. The number of rotatable bonds is 4. The van der Waals surface area contributed by atoms with Gasteiger partial charge in [0.1, 0.15) is 11.6 Å². The largest absolute Gasteiger partial charge is 0.268 e. The van der Waals surface area contributed by atoms with E-state index in [2.05, 4.69) is 4.98 Å². The van der Waals surface area contributed by atoms with E-state index in [1.165, 1.54) is 16.7 Å². The molecule has 27 heavy (non-hydrogen) atoms. The zero-order valence-electron chi connectivity index (χ0n) is 15.2. The first-order valence-electron chi connectivity index (χ1n) is 9.31. The first kappa shape index (κ1) is 18.0. The molecule has 0 N–H and O–H groups in total. The zero-order chi connectivity index (χ0) is 19.0. The van der Waals surface area contributed by atoms with Crippen molar-refractivity contribution >= 4 is 21.7 Å². The molecule has 1 heterocycles. The molecule has 0 bridgehead atoms. The Kier molecular flexibility index (Phi) is 4.91. The summed E-state index contributed by atoms with van der Waals surface area (Å²) in [6.07, 6.45) is 4.51. The number of hydrogen-bond donors (Lipinski definition) is 0. The van der Waals surface area contributed by atoms with Crippen LogP contribution in [-0.4, -0.2) is 19.0 Å². The van der Waals surface area contributed by atoms with Gasteiger partial charge >= 0.3 is 0 Å². The van der Waals surface area contributed by atoms with E-state index in [9.17, 15) is 13.4 Å². The van der Waals surface area contributed by atoms with Gasteiger partial charge in [-0.2, -0.15) is 0 Å². The monoisotopic (exact) mass is 384 g/mol. The van der Waals surface area contributed by atoms with Crippen molar-refractivity contribution in [3.8, 4) is 5.69 Å². The summed E-state index contributed by atoms with van der Waals surface area (Å²) in [4.78, 5) is 18.6. The fourth-order valence-corrected chi connectivity index (χ4v) is 5.54. The molecule has 0 radical (unpaired) electrons. The fraction of sp³-hybridized carbons (Fsp3) is 0.333. The molecular formula is C21H21FN2O2S. The minimum atomic E-state index is -1.25. The van der Waals surface area contributed by atoms with Gasteiger partial charge in [0, 0.05) is 11.7 Å². The van der Waals surface area contributed by atoms with Gasteiger partial charge < -0.3 is 0 Å². The van der Waals surface area contributed by atoms with Gasteiger partial charge in [-0.1, -0.05) is 31.9 Å². The smallest absolute Gasteiger partial charge is 0.267 e. The van der Waals surface area contributed by atoms with Gasteiger partial charge in [0.05, 0.1) is 32.3 Å². The third-order valence-corrected chi connectivity index (χ3v) is 6.98. The Morgan fingerprint density at radius 2 is 1.93 bits per heavy atom. The molecule has 0 amide bonds. The summed E-state index contributed by atoms with van der Waals surface area (Å²) in [5, 5.41) is 0.465. The zero-order valence-corrected chi connectivity index (χ0v) is 16.0. The number of fused-ring (bicyclic) bond motifs is 1. The average molecular weight is 384 g/mol. The van der Waals surface area contributed by atoms with Crippen molar-refractivity contribution in [2.24, 2.45) is 0 Å². The van der Waals surface area contributed by atoms with Crippen molar-refractivity contribution in [2.75, 3.05) is 0 Å². The van der Waals surface area contributed by atoms with Crippen LogP contribution in [0.2, 0.25) is 0 Å². The molecule has 2 aromatic carbocycles. The second-order valence-corrected chi connectivity index (χ2v) is 8.56. The van der Waals surface area contributed by atoms with Crippen molar-refractivity contribution in [2.45, 2.75) is 49.2 Å². The molecule has 0 aliphatic heterocycles. The third kappa shape index (κ3) is 3.23. The van der Waals surface area contributed by atoms with Crippen molar-refractivity contribution in [1.29, 1.82) is 0 Å². The third-order valence-electron chi connectivity index (χ3n) is 5.13. The van der Waals surface area contributed by atoms with Gasteiger partial charge in [-0.3, -0.25) is 13.6 Å². The molecule has 1 aliphatic rings. The number of aryl methyl sites for hydroxylation is 1. The first-order valence-corrected chi connectivity index (χ1v) is 10.5. The van der Waals surface area contributed by atoms with Gasteiger partial charge in [-0.15, -0.1) is 0 Å². The summed E-state index contributed by atoms with van der Waals surface area (Å²) >= 11 is 0. The summed E-state index contributed by atoms with van der Waals surface area (Å²) in [6, 6.07) is 11.3. The molecule has 1 aromatic heterocycles. The van der Waals surface area contributed by atoms with Crippen LogP contribution in [0.15, 0.2) is 52.2 Å². The van der Waals surface area contributed by atoms with Gasteiger partial charge in [0.25, 0.3) is 5.56 Å². The molecule has 3 aromatic rings. The Morgan fingerprint density at radius 3 is 2.63 bits per heavy atom. The maximum atomic E-state index is 13.8. The molecule has 1 atom stereocenters. The standard InChI is InChI=1S/C21H21FN2O2S/c1-2-19-23-17-11-6-12-18(27(26)16-9-3-4-10-16)20(17)21(25)24(19)15-8-5-7-14(22)13-15/h5-8,11-13,16H,2-4,9-10H2,1H3. The van der Waals surface area contributed by atoms with Gasteiger partial charge in [0.15, 0.2) is 0 Å². The Balaban J connectivity index is 1.99. The molecular weight excluding hydrogens is 363 g/mol. The van der Waals surface area contributed by atoms with Crippen molar-refractivity contribution in [1.82, 2.24) is 9.55 Å². The predicted octanol–water partition coefficient (Wildman–Crippen LogP) is 4.14. The maximum Gasteiger partial charge on any atom is 0.267 e. The average Bonchev–Trinajstić information content (AvgIpc) is 3.21. The topological polar surface area (TPSA) is 52.0 Å². The van der Waals surface area contributed by atoms with Crippen molar-refractivity contribution in [3.63, 3.8) is 0 Å². The number of halogens is 1. The van der Waals surface area contributed by atoms with E-state index < -0.39 is 16.6 Å². The van der Waals surface area contributed by atoms with E-state index >= 15 is 0 Å². The molecule has 140 valence electrons. The Hall–Kier alpha value is -2.34. The lowest BCUT2D eigenvalue weighted by atomic mass is 10.2. The van der Waals surface area contributed by atoms with Crippen LogP contribution in [0.25, 0.3) is 16.6 Å². The van der Waals surface area contributed by atoms with Crippen LogP contribution in [-0.2, 0) is 17.2 Å². The molecule has 1 fully saturated rings. The van der Waals surface area contributed by atoms with Crippen LogP contribution >= 0.6 is 0 Å². The Bertz CT molecular complexity index is 1090. The highest BCUT2D eigenvalue weighted by molar-refractivity contribution is 7.86. The van der Waals surface area contributed by atoms with Gasteiger partial charge in [0.2, 0.25) is 0 Å². The van der Waals surface area contributed by atoms with Crippen LogP contribution < -0.4 is 5.56 Å². The second-order valence-electron chi connectivity index (χ2n) is 6.86. The van der Waals surface area contributed by atoms with Crippen LogP contribution in [0.1, 0.15) is 38.4 Å². The predicted molar refractivity (Wildman–Crippen MR) is 105 cm³/mol. The van der Waals surface area contributed by atoms with Crippen LogP contribution in [0.3, 0.4) is 0 Å². The highest BCUT2D eigenvalue weighted by Gasteiger charge is 2.25. The SMILES string of the molecule is CCc1nc2cccc(S(=O)C3CCCC3)c2c(=O)n1-c1cccc(F)c1. The van der Waals surface area contributed by atoms with E-state index in [1.54, 1.807) is 24.3 Å². The lowest BCUT2D eigenvalue weighted by molar-refractivity contribution is 0.625. The molecule has 6 heteroatoms. The minimum Gasteiger partial charge on any atom is -0.268 e. The molecule has 4 nitrogen and oxygen atoms in total. The summed E-state index contributed by atoms with van der Waals surface area (Å²) in [6.45, 7) is 1.91. The lowest BCUT2D eigenvalue weighted by Crippen LogP contribution is -2.25. The van der Waals surface area contributed by atoms with Gasteiger partial charge in [-0.05, 0) is 43.2 Å². The fourth-order valence-electron chi connectivity index (χ4n) is 3.81. The molecule has 4 rings (SSSR count). The molecule has 1 aliphatic carbocycles. The number of hydrogen-bond acceptors (Lipinski definition) is 3. The number of aromatic nitrogens is 2. The first-order chi connectivity index (χ1) is 13.1. The highest BCUT2D eigenvalue weighted by atomic mass is 32.2. The number of nitrogens with zero attached hydrogens (tertiary/aromatic N) is 2. The maximum absolute atomic E-state index is 13.8.